The maximum atomic E-state index is 13.4. The number of aliphatic hydroxyl groups is 1. The number of aliphatic hydroxyl groups excluding tert-OH is 1. The Kier molecular flexibility index (Phi) is 6.19. The number of phenols is 1. The smallest absolute Gasteiger partial charge is 0.269 e. The summed E-state index contributed by atoms with van der Waals surface area (Å²) in [5, 5.41) is 30.7. The van der Waals surface area contributed by atoms with E-state index in [1.165, 1.54) is 42.5 Å². The first kappa shape index (κ1) is 21.5. The van der Waals surface area contributed by atoms with Gasteiger partial charge in [-0.05, 0) is 54.8 Å². The van der Waals surface area contributed by atoms with E-state index in [4.69, 9.17) is 0 Å². The van der Waals surface area contributed by atoms with Gasteiger partial charge in [0.15, 0.2) is 9.84 Å². The molecule has 0 aromatic heterocycles. The van der Waals surface area contributed by atoms with Gasteiger partial charge in [-0.1, -0.05) is 35.9 Å². The number of aromatic hydroxyl groups is 1. The van der Waals surface area contributed by atoms with Crippen molar-refractivity contribution >= 4 is 15.5 Å². The molecule has 0 saturated carbocycles. The van der Waals surface area contributed by atoms with Crippen molar-refractivity contribution in [2.45, 2.75) is 29.6 Å². The number of sulfone groups is 1. The standard InChI is InChI=1S/C22H21NO6S/c1-15-6-12-19(13-7-15)30(28,29)21(14-17-4-2-3-5-20(17)24)22(25)16-8-10-18(11-9-16)23(26)27/h2-13,21-22,24-25H,14H2,1H3/t21-,22-/m1/s1. The lowest BCUT2D eigenvalue weighted by atomic mass is 10.00. The Balaban J connectivity index is 2.05. The number of non-ortho nitro benzene ring substituents is 1. The average Bonchev–Trinajstić information content (AvgIpc) is 2.73. The summed E-state index contributed by atoms with van der Waals surface area (Å²) >= 11 is 0. The first-order valence-electron chi connectivity index (χ1n) is 9.20. The first-order chi connectivity index (χ1) is 14.2. The van der Waals surface area contributed by atoms with Crippen molar-refractivity contribution < 1.29 is 23.6 Å². The molecule has 0 amide bonds. The molecule has 0 heterocycles. The van der Waals surface area contributed by atoms with Crippen LogP contribution in [0.1, 0.15) is 22.8 Å². The summed E-state index contributed by atoms with van der Waals surface area (Å²) in [6.45, 7) is 1.83. The SMILES string of the molecule is Cc1ccc(S(=O)(=O)[C@H](Cc2ccccc2O)[C@H](O)c2ccc([N+](=O)[O-])cc2)cc1. The third-order valence-electron chi connectivity index (χ3n) is 4.96. The van der Waals surface area contributed by atoms with E-state index in [1.807, 2.05) is 6.92 Å². The highest BCUT2D eigenvalue weighted by atomic mass is 32.2. The van der Waals surface area contributed by atoms with Gasteiger partial charge in [0.1, 0.15) is 11.0 Å². The largest absolute Gasteiger partial charge is 0.508 e. The first-order valence-corrected chi connectivity index (χ1v) is 10.7. The summed E-state index contributed by atoms with van der Waals surface area (Å²) in [5.74, 6) is -0.0718. The van der Waals surface area contributed by atoms with Crippen molar-refractivity contribution in [1.82, 2.24) is 0 Å². The third-order valence-corrected chi connectivity index (χ3v) is 7.11. The van der Waals surface area contributed by atoms with Crippen molar-refractivity contribution in [3.8, 4) is 5.75 Å². The molecule has 7 nitrogen and oxygen atoms in total. The number of benzene rings is 3. The number of para-hydroxylation sites is 1. The second-order valence-corrected chi connectivity index (χ2v) is 9.19. The highest BCUT2D eigenvalue weighted by Crippen LogP contribution is 2.32. The number of phenolic OH excluding ortho intramolecular Hbond substituents is 1. The van der Waals surface area contributed by atoms with Gasteiger partial charge < -0.3 is 10.2 Å². The summed E-state index contributed by atoms with van der Waals surface area (Å²) in [7, 11) is -4.00. The lowest BCUT2D eigenvalue weighted by molar-refractivity contribution is -0.384. The second-order valence-electron chi connectivity index (χ2n) is 7.02. The van der Waals surface area contributed by atoms with Gasteiger partial charge in [0.25, 0.3) is 5.69 Å². The van der Waals surface area contributed by atoms with Crippen LogP contribution in [0.15, 0.2) is 77.7 Å². The minimum Gasteiger partial charge on any atom is -0.508 e. The summed E-state index contributed by atoms with van der Waals surface area (Å²) < 4.78 is 26.8. The summed E-state index contributed by atoms with van der Waals surface area (Å²) in [6.07, 6.45) is -1.60. The normalized spacial score (nSPS) is 13.5. The zero-order chi connectivity index (χ0) is 21.9. The number of nitro benzene ring substituents is 1. The number of nitrogens with zero attached hydrogens (tertiary/aromatic N) is 1. The van der Waals surface area contributed by atoms with Crippen molar-refractivity contribution in [2.75, 3.05) is 0 Å². The molecule has 0 aliphatic heterocycles. The van der Waals surface area contributed by atoms with Crippen LogP contribution in [0.4, 0.5) is 5.69 Å². The third kappa shape index (κ3) is 4.50. The van der Waals surface area contributed by atoms with Crippen LogP contribution in [-0.4, -0.2) is 28.8 Å². The van der Waals surface area contributed by atoms with E-state index >= 15 is 0 Å². The van der Waals surface area contributed by atoms with Crippen molar-refractivity contribution in [3.05, 3.63) is 99.6 Å². The molecule has 0 unspecified atom stereocenters. The monoisotopic (exact) mass is 427 g/mol. The molecular weight excluding hydrogens is 406 g/mol. The van der Waals surface area contributed by atoms with E-state index in [0.29, 0.717) is 5.56 Å². The van der Waals surface area contributed by atoms with Crippen LogP contribution >= 0.6 is 0 Å². The number of hydrogen-bond donors (Lipinski definition) is 2. The van der Waals surface area contributed by atoms with E-state index in [0.717, 1.165) is 5.56 Å². The van der Waals surface area contributed by atoms with Gasteiger partial charge in [-0.25, -0.2) is 8.42 Å². The molecule has 0 aliphatic rings. The van der Waals surface area contributed by atoms with Gasteiger partial charge in [-0.2, -0.15) is 0 Å². The Labute approximate surface area is 174 Å². The number of aryl methyl sites for hydroxylation is 1. The molecule has 0 fully saturated rings. The molecule has 3 aromatic rings. The van der Waals surface area contributed by atoms with E-state index in [-0.39, 0.29) is 28.3 Å². The highest BCUT2D eigenvalue weighted by molar-refractivity contribution is 7.92. The minimum atomic E-state index is -4.00. The van der Waals surface area contributed by atoms with Crippen molar-refractivity contribution in [2.24, 2.45) is 0 Å². The lowest BCUT2D eigenvalue weighted by Gasteiger charge is -2.24. The fourth-order valence-electron chi connectivity index (χ4n) is 3.20. The Morgan fingerprint density at radius 1 is 0.967 bits per heavy atom. The number of hydrogen-bond acceptors (Lipinski definition) is 6. The van der Waals surface area contributed by atoms with E-state index in [2.05, 4.69) is 0 Å². The van der Waals surface area contributed by atoms with Crippen molar-refractivity contribution in [1.29, 1.82) is 0 Å². The quantitative estimate of drug-likeness (QED) is 0.438. The van der Waals surface area contributed by atoms with Gasteiger partial charge in [-0.15, -0.1) is 0 Å². The van der Waals surface area contributed by atoms with Crippen LogP contribution in [0, 0.1) is 17.0 Å². The zero-order valence-corrected chi connectivity index (χ0v) is 17.0. The number of rotatable bonds is 7. The second kappa shape index (κ2) is 8.64. The molecule has 0 radical (unpaired) electrons. The van der Waals surface area contributed by atoms with Crippen LogP contribution in [0.2, 0.25) is 0 Å². The van der Waals surface area contributed by atoms with E-state index in [9.17, 15) is 28.7 Å². The van der Waals surface area contributed by atoms with Crippen LogP contribution < -0.4 is 0 Å². The maximum absolute atomic E-state index is 13.4. The van der Waals surface area contributed by atoms with Crippen molar-refractivity contribution in [3.63, 3.8) is 0 Å². The fraction of sp³-hybridized carbons (Fsp3) is 0.182. The molecule has 0 bridgehead atoms. The number of nitro groups is 1. The minimum absolute atomic E-state index is 0.0504. The van der Waals surface area contributed by atoms with Gasteiger partial charge in [0, 0.05) is 12.1 Å². The van der Waals surface area contributed by atoms with Gasteiger partial charge in [0.05, 0.1) is 15.9 Å². The molecular formula is C22H21NO6S. The molecule has 2 atom stereocenters. The summed E-state index contributed by atoms with van der Waals surface area (Å²) in [6, 6.07) is 17.7. The van der Waals surface area contributed by atoms with E-state index in [1.54, 1.807) is 30.3 Å². The van der Waals surface area contributed by atoms with E-state index < -0.39 is 26.1 Å². The molecule has 0 spiro atoms. The molecule has 0 saturated heterocycles. The Bertz CT molecular complexity index is 1140. The summed E-state index contributed by atoms with van der Waals surface area (Å²) in [4.78, 5) is 10.4. The van der Waals surface area contributed by atoms with Crippen LogP contribution in [0.5, 0.6) is 5.75 Å². The fourth-order valence-corrected chi connectivity index (χ4v) is 4.96. The van der Waals surface area contributed by atoms with Crippen LogP contribution in [-0.2, 0) is 16.3 Å². The molecule has 8 heteroatoms. The lowest BCUT2D eigenvalue weighted by Crippen LogP contribution is -2.31. The molecule has 30 heavy (non-hydrogen) atoms. The topological polar surface area (TPSA) is 118 Å². The highest BCUT2D eigenvalue weighted by Gasteiger charge is 2.35. The van der Waals surface area contributed by atoms with Crippen LogP contribution in [0.3, 0.4) is 0 Å². The summed E-state index contributed by atoms with van der Waals surface area (Å²) in [5.41, 5.74) is 1.34. The molecule has 3 rings (SSSR count). The average molecular weight is 427 g/mol. The molecule has 0 aliphatic carbocycles. The predicted octanol–water partition coefficient (Wildman–Crippen LogP) is 3.73. The zero-order valence-electron chi connectivity index (χ0n) is 16.2. The van der Waals surface area contributed by atoms with Gasteiger partial charge >= 0.3 is 0 Å². The van der Waals surface area contributed by atoms with Gasteiger partial charge in [-0.3, -0.25) is 10.1 Å². The Hall–Kier alpha value is -3.23. The molecule has 3 aromatic carbocycles. The predicted molar refractivity (Wildman–Crippen MR) is 112 cm³/mol. The Morgan fingerprint density at radius 3 is 2.13 bits per heavy atom. The molecule has 2 N–H and O–H groups in total. The Morgan fingerprint density at radius 2 is 1.57 bits per heavy atom. The van der Waals surface area contributed by atoms with Crippen LogP contribution in [0.25, 0.3) is 0 Å². The molecule has 156 valence electrons. The van der Waals surface area contributed by atoms with Gasteiger partial charge in [0.2, 0.25) is 0 Å². The maximum Gasteiger partial charge on any atom is 0.269 e.